The number of amides is 1. The second-order valence-corrected chi connectivity index (χ2v) is 5.86. The molecule has 0 unspecified atom stereocenters. The van der Waals surface area contributed by atoms with Crippen LogP contribution in [0.15, 0.2) is 59.0 Å². The molecule has 1 amide bonds. The number of anilines is 1. The molecule has 0 aliphatic carbocycles. The highest BCUT2D eigenvalue weighted by Gasteiger charge is 2.17. The molecule has 2 aromatic carbocycles. The molecule has 0 aliphatic heterocycles. The summed E-state index contributed by atoms with van der Waals surface area (Å²) in [6.45, 7) is 1.74. The van der Waals surface area contributed by atoms with E-state index in [1.165, 1.54) is 12.1 Å². The van der Waals surface area contributed by atoms with Crippen LogP contribution in [0.4, 0.5) is 10.1 Å². The van der Waals surface area contributed by atoms with E-state index in [9.17, 15) is 9.18 Å². The molecule has 0 spiro atoms. The first-order chi connectivity index (χ1) is 12.6. The van der Waals surface area contributed by atoms with E-state index in [4.69, 9.17) is 4.42 Å². The van der Waals surface area contributed by atoms with E-state index in [1.54, 1.807) is 23.6 Å². The summed E-state index contributed by atoms with van der Waals surface area (Å²) in [5, 5.41) is 11.6. The molecule has 0 atom stereocenters. The molecular formula is C19H15FN4O2. The molecule has 4 aromatic rings. The molecule has 0 bridgehead atoms. The van der Waals surface area contributed by atoms with Crippen LogP contribution in [-0.2, 0) is 11.3 Å². The molecule has 2 heterocycles. The number of aryl methyl sites for hydroxylation is 1. The van der Waals surface area contributed by atoms with Gasteiger partial charge < -0.3 is 14.3 Å². The highest BCUT2D eigenvalue weighted by molar-refractivity contribution is 5.93. The lowest BCUT2D eigenvalue weighted by molar-refractivity contribution is -0.116. The first-order valence-corrected chi connectivity index (χ1v) is 8.04. The fourth-order valence-corrected chi connectivity index (χ4v) is 2.87. The summed E-state index contributed by atoms with van der Waals surface area (Å²) in [4.78, 5) is 12.5. The summed E-state index contributed by atoms with van der Waals surface area (Å²) in [6, 6.07) is 15.4. The Labute approximate surface area is 148 Å². The third-order valence-electron chi connectivity index (χ3n) is 3.97. The second kappa shape index (κ2) is 6.44. The van der Waals surface area contributed by atoms with Gasteiger partial charge in [-0.15, -0.1) is 10.2 Å². The zero-order chi connectivity index (χ0) is 18.1. The van der Waals surface area contributed by atoms with Crippen molar-refractivity contribution in [1.29, 1.82) is 0 Å². The maximum atomic E-state index is 13.3. The topological polar surface area (TPSA) is 73.0 Å². The van der Waals surface area contributed by atoms with Crippen molar-refractivity contribution in [3.63, 3.8) is 0 Å². The number of hydrogen-bond acceptors (Lipinski definition) is 4. The normalized spacial score (nSPS) is 11.0. The predicted molar refractivity (Wildman–Crippen MR) is 95.0 cm³/mol. The minimum atomic E-state index is -0.406. The standard InChI is InChI=1S/C19H15FN4O2/c1-12-22-23-19(26-12)17-9-13-5-2-3-8-16(13)24(17)11-18(25)21-15-7-4-6-14(20)10-15/h2-10H,11H2,1H3,(H,21,25). The Bertz CT molecular complexity index is 1100. The van der Waals surface area contributed by atoms with Crippen LogP contribution in [0.1, 0.15) is 5.89 Å². The summed E-state index contributed by atoms with van der Waals surface area (Å²) >= 11 is 0. The highest BCUT2D eigenvalue weighted by Crippen LogP contribution is 2.27. The van der Waals surface area contributed by atoms with Gasteiger partial charge in [-0.2, -0.15) is 0 Å². The average molecular weight is 350 g/mol. The van der Waals surface area contributed by atoms with Crippen molar-refractivity contribution in [2.24, 2.45) is 0 Å². The maximum Gasteiger partial charge on any atom is 0.264 e. The smallest absolute Gasteiger partial charge is 0.264 e. The van der Waals surface area contributed by atoms with Crippen LogP contribution >= 0.6 is 0 Å². The van der Waals surface area contributed by atoms with Gasteiger partial charge in [0.15, 0.2) is 0 Å². The van der Waals surface area contributed by atoms with E-state index in [0.29, 0.717) is 23.2 Å². The first-order valence-electron chi connectivity index (χ1n) is 8.04. The third kappa shape index (κ3) is 3.06. The lowest BCUT2D eigenvalue weighted by atomic mass is 10.2. The van der Waals surface area contributed by atoms with Crippen LogP contribution in [0.2, 0.25) is 0 Å². The Kier molecular flexibility index (Phi) is 3.96. The Morgan fingerprint density at radius 2 is 2.00 bits per heavy atom. The van der Waals surface area contributed by atoms with E-state index in [0.717, 1.165) is 10.9 Å². The largest absolute Gasteiger partial charge is 0.420 e. The molecular weight excluding hydrogens is 335 g/mol. The number of aromatic nitrogens is 3. The van der Waals surface area contributed by atoms with E-state index < -0.39 is 5.82 Å². The van der Waals surface area contributed by atoms with Gasteiger partial charge in [-0.1, -0.05) is 24.3 Å². The number of carbonyl (C=O) groups excluding carboxylic acids is 1. The second-order valence-electron chi connectivity index (χ2n) is 5.86. The third-order valence-corrected chi connectivity index (χ3v) is 3.97. The van der Waals surface area contributed by atoms with Crippen molar-refractivity contribution < 1.29 is 13.6 Å². The summed E-state index contributed by atoms with van der Waals surface area (Å²) in [5.74, 6) is 0.101. The van der Waals surface area contributed by atoms with E-state index in [1.807, 2.05) is 30.3 Å². The van der Waals surface area contributed by atoms with Gasteiger partial charge >= 0.3 is 0 Å². The lowest BCUT2D eigenvalue weighted by Crippen LogP contribution is -2.19. The number of nitrogens with zero attached hydrogens (tertiary/aromatic N) is 3. The predicted octanol–water partition coefficient (Wildman–Crippen LogP) is 3.78. The number of halogens is 1. The summed E-state index contributed by atoms with van der Waals surface area (Å²) in [7, 11) is 0. The van der Waals surface area contributed by atoms with Crippen LogP contribution in [0.3, 0.4) is 0 Å². The van der Waals surface area contributed by atoms with Gasteiger partial charge in [-0.05, 0) is 30.3 Å². The minimum absolute atomic E-state index is 0.0286. The molecule has 0 saturated carbocycles. The SMILES string of the molecule is Cc1nnc(-c2cc3ccccc3n2CC(=O)Nc2cccc(F)c2)o1. The fraction of sp³-hybridized carbons (Fsp3) is 0.105. The van der Waals surface area contributed by atoms with Crippen molar-refractivity contribution in [3.05, 3.63) is 66.3 Å². The Morgan fingerprint density at radius 3 is 2.77 bits per heavy atom. The monoisotopic (exact) mass is 350 g/mol. The number of rotatable bonds is 4. The zero-order valence-electron chi connectivity index (χ0n) is 13.9. The van der Waals surface area contributed by atoms with Crippen LogP contribution in [0.25, 0.3) is 22.5 Å². The molecule has 1 N–H and O–H groups in total. The van der Waals surface area contributed by atoms with Crippen molar-refractivity contribution in [3.8, 4) is 11.6 Å². The average Bonchev–Trinajstić information content (AvgIpc) is 3.19. The quantitative estimate of drug-likeness (QED) is 0.608. The molecule has 4 rings (SSSR count). The first kappa shape index (κ1) is 16.0. The molecule has 0 aliphatic rings. The highest BCUT2D eigenvalue weighted by atomic mass is 19.1. The Hall–Kier alpha value is -3.48. The van der Waals surface area contributed by atoms with Crippen molar-refractivity contribution in [2.45, 2.75) is 13.5 Å². The Balaban J connectivity index is 1.69. The number of para-hydroxylation sites is 1. The van der Waals surface area contributed by atoms with Gasteiger partial charge in [0.05, 0.1) is 0 Å². The van der Waals surface area contributed by atoms with Gasteiger partial charge in [-0.3, -0.25) is 4.79 Å². The lowest BCUT2D eigenvalue weighted by Gasteiger charge is -2.10. The van der Waals surface area contributed by atoms with E-state index in [-0.39, 0.29) is 12.5 Å². The number of benzene rings is 2. The van der Waals surface area contributed by atoms with Crippen molar-refractivity contribution in [2.75, 3.05) is 5.32 Å². The molecule has 2 aromatic heterocycles. The molecule has 6 nitrogen and oxygen atoms in total. The van der Waals surface area contributed by atoms with Gasteiger partial charge in [0.2, 0.25) is 11.8 Å². The van der Waals surface area contributed by atoms with Crippen LogP contribution in [0.5, 0.6) is 0 Å². The molecule has 0 fully saturated rings. The molecule has 26 heavy (non-hydrogen) atoms. The molecule has 0 radical (unpaired) electrons. The molecule has 0 saturated heterocycles. The maximum absolute atomic E-state index is 13.3. The van der Waals surface area contributed by atoms with Crippen molar-refractivity contribution >= 4 is 22.5 Å². The number of fused-ring (bicyclic) bond motifs is 1. The minimum Gasteiger partial charge on any atom is -0.420 e. The van der Waals surface area contributed by atoms with Gasteiger partial charge in [0.25, 0.3) is 5.89 Å². The van der Waals surface area contributed by atoms with Crippen molar-refractivity contribution in [1.82, 2.24) is 14.8 Å². The van der Waals surface area contributed by atoms with Gasteiger partial charge in [-0.25, -0.2) is 4.39 Å². The summed E-state index contributed by atoms with van der Waals surface area (Å²) < 4.78 is 20.6. The van der Waals surface area contributed by atoms with E-state index >= 15 is 0 Å². The van der Waals surface area contributed by atoms with Crippen LogP contribution in [-0.4, -0.2) is 20.7 Å². The fourth-order valence-electron chi connectivity index (χ4n) is 2.87. The number of nitrogens with one attached hydrogen (secondary N) is 1. The zero-order valence-corrected chi connectivity index (χ0v) is 13.9. The summed E-state index contributed by atoms with van der Waals surface area (Å²) in [5.41, 5.74) is 1.93. The Morgan fingerprint density at radius 1 is 1.15 bits per heavy atom. The summed E-state index contributed by atoms with van der Waals surface area (Å²) in [6.07, 6.45) is 0. The van der Waals surface area contributed by atoms with Gasteiger partial charge in [0, 0.05) is 23.5 Å². The number of hydrogen-bond donors (Lipinski definition) is 1. The van der Waals surface area contributed by atoms with Crippen LogP contribution in [0, 0.1) is 12.7 Å². The molecule has 7 heteroatoms. The molecule has 130 valence electrons. The van der Waals surface area contributed by atoms with Gasteiger partial charge in [0.1, 0.15) is 18.1 Å². The van der Waals surface area contributed by atoms with Crippen LogP contribution < -0.4 is 5.32 Å². The number of carbonyl (C=O) groups is 1. The van der Waals surface area contributed by atoms with E-state index in [2.05, 4.69) is 15.5 Å².